The van der Waals surface area contributed by atoms with Gasteiger partial charge in [0.25, 0.3) is 0 Å². The van der Waals surface area contributed by atoms with Gasteiger partial charge in [0.2, 0.25) is 5.91 Å². The Balaban J connectivity index is 1.30. The summed E-state index contributed by atoms with van der Waals surface area (Å²) in [6, 6.07) is 18.7. The van der Waals surface area contributed by atoms with Gasteiger partial charge >= 0.3 is 0 Å². The summed E-state index contributed by atoms with van der Waals surface area (Å²) >= 11 is 0. The van der Waals surface area contributed by atoms with E-state index in [4.69, 9.17) is 10.1 Å². The van der Waals surface area contributed by atoms with Crippen LogP contribution in [-0.2, 0) is 4.79 Å². The normalized spacial score (nSPS) is 15.4. The summed E-state index contributed by atoms with van der Waals surface area (Å²) < 4.78 is 1.92. The van der Waals surface area contributed by atoms with Crippen LogP contribution in [0.25, 0.3) is 16.8 Å². The molecule has 34 heavy (non-hydrogen) atoms. The highest BCUT2D eigenvalue weighted by molar-refractivity contribution is 5.80. The maximum atomic E-state index is 12.9. The van der Waals surface area contributed by atoms with Crippen molar-refractivity contribution < 1.29 is 4.79 Å². The number of nitrogens with zero attached hydrogens (tertiary/aromatic N) is 4. The molecule has 2 aromatic heterocycles. The van der Waals surface area contributed by atoms with E-state index >= 15 is 0 Å². The fraction of sp³-hybridized carbons (Fsp3) is 0.321. The van der Waals surface area contributed by atoms with Gasteiger partial charge in [-0.25, -0.2) is 9.50 Å². The zero-order chi connectivity index (χ0) is 23.7. The molecule has 0 spiro atoms. The van der Waals surface area contributed by atoms with Crippen LogP contribution >= 0.6 is 0 Å². The number of piperidine rings is 1. The standard InChI is InChI=1S/C28H31N5O/c1-19-9-10-20(2)24(17-19)25-18-26-27(29-13-16-33(26)31-25)32-14-11-23(12-15-32)28(34)30-21(3)22-7-5-4-6-8-22/h4-10,13,16-18,21,23H,11-12,14-15H2,1-3H3,(H,30,34). The third-order valence-electron chi connectivity index (χ3n) is 6.86. The van der Waals surface area contributed by atoms with Crippen molar-refractivity contribution in [2.24, 2.45) is 5.92 Å². The van der Waals surface area contributed by atoms with Crippen LogP contribution in [-0.4, -0.2) is 33.6 Å². The lowest BCUT2D eigenvalue weighted by molar-refractivity contribution is -0.126. The number of aromatic nitrogens is 3. The lowest BCUT2D eigenvalue weighted by Gasteiger charge is -2.32. The molecule has 1 amide bonds. The smallest absolute Gasteiger partial charge is 0.223 e. The molecule has 5 rings (SSSR count). The van der Waals surface area contributed by atoms with Crippen LogP contribution in [0, 0.1) is 19.8 Å². The van der Waals surface area contributed by atoms with Gasteiger partial charge in [-0.1, -0.05) is 48.0 Å². The number of hydrogen-bond acceptors (Lipinski definition) is 4. The minimum absolute atomic E-state index is 0.0115. The molecule has 2 aromatic carbocycles. The van der Waals surface area contributed by atoms with Gasteiger partial charge in [0.1, 0.15) is 5.52 Å². The number of hydrogen-bond donors (Lipinski definition) is 1. The van der Waals surface area contributed by atoms with Crippen molar-refractivity contribution in [2.45, 2.75) is 39.7 Å². The first kappa shape index (κ1) is 22.1. The zero-order valence-corrected chi connectivity index (χ0v) is 20.0. The molecule has 1 unspecified atom stereocenters. The molecular weight excluding hydrogens is 422 g/mol. The number of nitrogens with one attached hydrogen (secondary N) is 1. The molecule has 6 heteroatoms. The summed E-state index contributed by atoms with van der Waals surface area (Å²) in [4.78, 5) is 19.9. The number of anilines is 1. The van der Waals surface area contributed by atoms with Gasteiger partial charge in [-0.3, -0.25) is 4.79 Å². The monoisotopic (exact) mass is 453 g/mol. The van der Waals surface area contributed by atoms with Crippen LogP contribution in [0.5, 0.6) is 0 Å². The Morgan fingerprint density at radius 1 is 1.06 bits per heavy atom. The van der Waals surface area contributed by atoms with Crippen molar-refractivity contribution >= 4 is 17.2 Å². The number of rotatable bonds is 5. The Labute approximate surface area is 200 Å². The van der Waals surface area contributed by atoms with Gasteiger partial charge in [-0.2, -0.15) is 5.10 Å². The molecule has 1 aliphatic heterocycles. The summed E-state index contributed by atoms with van der Waals surface area (Å²) in [6.07, 6.45) is 5.34. The van der Waals surface area contributed by atoms with E-state index in [0.717, 1.165) is 54.1 Å². The number of carbonyl (C=O) groups excluding carboxylic acids is 1. The van der Waals surface area contributed by atoms with Gasteiger partial charge < -0.3 is 10.2 Å². The highest BCUT2D eigenvalue weighted by atomic mass is 16.1. The van der Waals surface area contributed by atoms with Crippen LogP contribution in [0.1, 0.15) is 42.5 Å². The van der Waals surface area contributed by atoms with Crippen LogP contribution < -0.4 is 10.2 Å². The van der Waals surface area contributed by atoms with Crippen LogP contribution in [0.3, 0.4) is 0 Å². The van der Waals surface area contributed by atoms with Gasteiger partial charge in [-0.05, 0) is 56.9 Å². The molecule has 0 saturated carbocycles. The Kier molecular flexibility index (Phi) is 6.05. The Morgan fingerprint density at radius 2 is 1.82 bits per heavy atom. The van der Waals surface area contributed by atoms with Crippen molar-refractivity contribution in [3.63, 3.8) is 0 Å². The van der Waals surface area contributed by atoms with E-state index in [0.29, 0.717) is 0 Å². The van der Waals surface area contributed by atoms with E-state index in [-0.39, 0.29) is 17.9 Å². The Morgan fingerprint density at radius 3 is 2.59 bits per heavy atom. The third-order valence-corrected chi connectivity index (χ3v) is 6.86. The number of carbonyl (C=O) groups is 1. The topological polar surface area (TPSA) is 62.5 Å². The predicted molar refractivity (Wildman–Crippen MR) is 136 cm³/mol. The fourth-order valence-electron chi connectivity index (χ4n) is 4.81. The highest BCUT2D eigenvalue weighted by Gasteiger charge is 2.27. The lowest BCUT2D eigenvalue weighted by atomic mass is 9.95. The second-order valence-corrected chi connectivity index (χ2v) is 9.33. The summed E-state index contributed by atoms with van der Waals surface area (Å²) in [5.41, 5.74) is 6.67. The van der Waals surface area contributed by atoms with Crippen molar-refractivity contribution in [3.8, 4) is 11.3 Å². The number of aryl methyl sites for hydroxylation is 2. The van der Waals surface area contributed by atoms with E-state index < -0.39 is 0 Å². The van der Waals surface area contributed by atoms with E-state index in [9.17, 15) is 4.79 Å². The Bertz CT molecular complexity index is 1310. The molecule has 1 fully saturated rings. The molecule has 1 N–H and O–H groups in total. The molecule has 3 heterocycles. The molecule has 1 atom stereocenters. The first-order chi connectivity index (χ1) is 16.5. The first-order valence-electron chi connectivity index (χ1n) is 12.0. The highest BCUT2D eigenvalue weighted by Crippen LogP contribution is 2.30. The fourth-order valence-corrected chi connectivity index (χ4v) is 4.81. The molecule has 174 valence electrons. The van der Waals surface area contributed by atoms with Crippen molar-refractivity contribution in [2.75, 3.05) is 18.0 Å². The van der Waals surface area contributed by atoms with Gasteiger partial charge in [0.15, 0.2) is 5.82 Å². The largest absolute Gasteiger partial charge is 0.355 e. The quantitative estimate of drug-likeness (QED) is 0.456. The minimum atomic E-state index is 0.0115. The zero-order valence-electron chi connectivity index (χ0n) is 20.0. The van der Waals surface area contributed by atoms with Crippen molar-refractivity contribution in [3.05, 3.63) is 83.7 Å². The summed E-state index contributed by atoms with van der Waals surface area (Å²) in [5, 5.41) is 8.03. The van der Waals surface area contributed by atoms with Crippen molar-refractivity contribution in [1.82, 2.24) is 19.9 Å². The van der Waals surface area contributed by atoms with E-state index in [1.54, 1.807) is 0 Å². The lowest BCUT2D eigenvalue weighted by Crippen LogP contribution is -2.41. The number of fused-ring (bicyclic) bond motifs is 1. The predicted octanol–water partition coefficient (Wildman–Crippen LogP) is 5.11. The van der Waals surface area contributed by atoms with Gasteiger partial charge in [0.05, 0.1) is 11.7 Å². The molecule has 6 nitrogen and oxygen atoms in total. The molecule has 1 saturated heterocycles. The molecule has 0 aliphatic carbocycles. The molecular formula is C28H31N5O. The maximum absolute atomic E-state index is 12.9. The van der Waals surface area contributed by atoms with Gasteiger partial charge in [-0.15, -0.1) is 0 Å². The second-order valence-electron chi connectivity index (χ2n) is 9.33. The average molecular weight is 454 g/mol. The summed E-state index contributed by atoms with van der Waals surface area (Å²) in [6.45, 7) is 7.86. The average Bonchev–Trinajstić information content (AvgIpc) is 3.30. The summed E-state index contributed by atoms with van der Waals surface area (Å²) in [7, 11) is 0. The SMILES string of the molecule is Cc1ccc(C)c(-c2cc3c(N4CCC(C(=O)NC(C)c5ccccc5)CC4)nccn3n2)c1. The van der Waals surface area contributed by atoms with Crippen LogP contribution in [0.4, 0.5) is 5.82 Å². The summed E-state index contributed by atoms with van der Waals surface area (Å²) in [5.74, 6) is 1.10. The molecule has 0 bridgehead atoms. The van der Waals surface area contributed by atoms with Crippen LogP contribution in [0.2, 0.25) is 0 Å². The minimum Gasteiger partial charge on any atom is -0.355 e. The van der Waals surface area contributed by atoms with E-state index in [1.165, 1.54) is 11.1 Å². The second kappa shape index (κ2) is 9.29. The van der Waals surface area contributed by atoms with E-state index in [1.807, 2.05) is 42.0 Å². The molecule has 1 aliphatic rings. The van der Waals surface area contributed by atoms with Gasteiger partial charge in [0, 0.05) is 37.0 Å². The van der Waals surface area contributed by atoms with Crippen molar-refractivity contribution in [1.29, 1.82) is 0 Å². The van der Waals surface area contributed by atoms with Crippen LogP contribution in [0.15, 0.2) is 67.0 Å². The number of amides is 1. The maximum Gasteiger partial charge on any atom is 0.223 e. The Hall–Kier alpha value is -3.67. The molecule has 0 radical (unpaired) electrons. The van der Waals surface area contributed by atoms with E-state index in [2.05, 4.69) is 60.5 Å². The molecule has 4 aromatic rings. The first-order valence-corrected chi connectivity index (χ1v) is 12.0. The number of benzene rings is 2. The third kappa shape index (κ3) is 4.40.